The average molecular weight is 303 g/mol. The largest absolute Gasteiger partial charge is 1.00 e. The number of halogens is 1. The summed E-state index contributed by atoms with van der Waals surface area (Å²) in [5.41, 5.74) is 1.20. The van der Waals surface area contributed by atoms with E-state index in [1.54, 1.807) is 6.92 Å². The molecule has 0 saturated heterocycles. The van der Waals surface area contributed by atoms with Gasteiger partial charge in [-0.05, 0) is 19.4 Å². The van der Waals surface area contributed by atoms with E-state index in [4.69, 9.17) is 5.11 Å². The van der Waals surface area contributed by atoms with Crippen LogP contribution in [0.5, 0.6) is 0 Å². The highest BCUT2D eigenvalue weighted by Gasteiger charge is 2.06. The molecule has 0 radical (unpaired) electrons. The molecule has 0 saturated carbocycles. The molecule has 1 aromatic rings. The second-order valence-corrected chi connectivity index (χ2v) is 4.02. The maximum Gasteiger partial charge on any atom is 0.226 e. The summed E-state index contributed by atoms with van der Waals surface area (Å²) >= 11 is 0. The van der Waals surface area contributed by atoms with Crippen molar-refractivity contribution >= 4 is 5.91 Å². The first-order valence-corrected chi connectivity index (χ1v) is 5.48. The SMILES string of the molecule is Cc1cc[n+](CCC(=O)NCC(C)O)cc1.[Br-]. The van der Waals surface area contributed by atoms with Gasteiger partial charge >= 0.3 is 0 Å². The number of nitrogens with one attached hydrogen (secondary N) is 1. The number of aromatic nitrogens is 1. The van der Waals surface area contributed by atoms with Crippen LogP contribution in [0.1, 0.15) is 18.9 Å². The van der Waals surface area contributed by atoms with Crippen LogP contribution in [0.3, 0.4) is 0 Å². The predicted octanol–water partition coefficient (Wildman–Crippen LogP) is -2.83. The maximum absolute atomic E-state index is 11.4. The van der Waals surface area contributed by atoms with Crippen LogP contribution in [0.15, 0.2) is 24.5 Å². The monoisotopic (exact) mass is 302 g/mol. The highest BCUT2D eigenvalue weighted by Crippen LogP contribution is 1.90. The molecule has 2 N–H and O–H groups in total. The van der Waals surface area contributed by atoms with E-state index in [1.165, 1.54) is 5.56 Å². The van der Waals surface area contributed by atoms with Crippen molar-refractivity contribution in [3.05, 3.63) is 30.1 Å². The van der Waals surface area contributed by atoms with E-state index in [2.05, 4.69) is 5.32 Å². The van der Waals surface area contributed by atoms with Crippen molar-refractivity contribution < 1.29 is 31.4 Å². The summed E-state index contributed by atoms with van der Waals surface area (Å²) in [5, 5.41) is 11.7. The van der Waals surface area contributed by atoms with Crippen LogP contribution >= 0.6 is 0 Å². The van der Waals surface area contributed by atoms with Crippen LogP contribution in [0.25, 0.3) is 0 Å². The topological polar surface area (TPSA) is 53.2 Å². The number of aryl methyl sites for hydroxylation is 2. The highest BCUT2D eigenvalue weighted by molar-refractivity contribution is 5.75. The van der Waals surface area contributed by atoms with Gasteiger partial charge in [0.05, 0.1) is 12.5 Å². The lowest BCUT2D eigenvalue weighted by Gasteiger charge is -2.05. The molecule has 0 aliphatic rings. The fraction of sp³-hybridized carbons (Fsp3) is 0.500. The van der Waals surface area contributed by atoms with Crippen molar-refractivity contribution in [1.82, 2.24) is 5.32 Å². The van der Waals surface area contributed by atoms with Crippen LogP contribution in [0.2, 0.25) is 0 Å². The minimum atomic E-state index is -0.490. The molecule has 0 bridgehead atoms. The number of hydrogen-bond donors (Lipinski definition) is 2. The molecule has 0 aromatic carbocycles. The number of carbonyl (C=O) groups excluding carboxylic acids is 1. The smallest absolute Gasteiger partial charge is 0.226 e. The number of nitrogens with zero attached hydrogens (tertiary/aromatic N) is 1. The molecule has 96 valence electrons. The third kappa shape index (κ3) is 7.07. The van der Waals surface area contributed by atoms with Crippen molar-refractivity contribution in [1.29, 1.82) is 0 Å². The minimum absolute atomic E-state index is 0. The Morgan fingerprint density at radius 2 is 2.06 bits per heavy atom. The van der Waals surface area contributed by atoms with Crippen molar-refractivity contribution in [2.24, 2.45) is 0 Å². The normalized spacial score (nSPS) is 11.5. The number of amides is 1. The molecule has 1 atom stereocenters. The summed E-state index contributed by atoms with van der Waals surface area (Å²) in [4.78, 5) is 11.4. The van der Waals surface area contributed by atoms with Gasteiger partial charge < -0.3 is 27.4 Å². The zero-order valence-electron chi connectivity index (χ0n) is 10.2. The lowest BCUT2D eigenvalue weighted by Crippen LogP contribution is -3.00. The number of aliphatic hydroxyl groups is 1. The highest BCUT2D eigenvalue weighted by atomic mass is 79.9. The van der Waals surface area contributed by atoms with Gasteiger partial charge in [-0.15, -0.1) is 0 Å². The van der Waals surface area contributed by atoms with Gasteiger partial charge in [0, 0.05) is 18.7 Å². The lowest BCUT2D eigenvalue weighted by atomic mass is 10.3. The summed E-state index contributed by atoms with van der Waals surface area (Å²) in [6.07, 6.45) is 3.85. The molecule has 1 aromatic heterocycles. The van der Waals surface area contributed by atoms with Gasteiger partial charge in [0.15, 0.2) is 18.9 Å². The Bertz CT molecular complexity index is 339. The van der Waals surface area contributed by atoms with Gasteiger partial charge in [0.1, 0.15) is 0 Å². The van der Waals surface area contributed by atoms with E-state index in [0.717, 1.165) is 0 Å². The van der Waals surface area contributed by atoms with Crippen LogP contribution in [0.4, 0.5) is 0 Å². The average Bonchev–Trinajstić information content (AvgIpc) is 2.25. The van der Waals surface area contributed by atoms with Crippen molar-refractivity contribution in [2.45, 2.75) is 32.9 Å². The van der Waals surface area contributed by atoms with Gasteiger partial charge in [0.25, 0.3) is 0 Å². The molecule has 1 amide bonds. The lowest BCUT2D eigenvalue weighted by molar-refractivity contribution is -0.695. The molecule has 1 heterocycles. The Hall–Kier alpha value is -0.940. The summed E-state index contributed by atoms with van der Waals surface area (Å²) in [5.74, 6) is -0.0334. The fourth-order valence-electron chi connectivity index (χ4n) is 1.26. The second-order valence-electron chi connectivity index (χ2n) is 4.02. The molecule has 1 unspecified atom stereocenters. The van der Waals surface area contributed by atoms with Gasteiger partial charge in [-0.2, -0.15) is 0 Å². The van der Waals surface area contributed by atoms with Gasteiger partial charge in [0.2, 0.25) is 5.91 Å². The van der Waals surface area contributed by atoms with E-state index >= 15 is 0 Å². The summed E-state index contributed by atoms with van der Waals surface area (Å²) in [6.45, 7) is 4.65. The summed E-state index contributed by atoms with van der Waals surface area (Å²) < 4.78 is 1.97. The molecule has 4 nitrogen and oxygen atoms in total. The molecule has 1 rings (SSSR count). The van der Waals surface area contributed by atoms with E-state index in [-0.39, 0.29) is 22.9 Å². The van der Waals surface area contributed by atoms with E-state index in [0.29, 0.717) is 19.5 Å². The summed E-state index contributed by atoms with van der Waals surface area (Å²) in [6, 6.07) is 4.02. The Morgan fingerprint density at radius 1 is 1.47 bits per heavy atom. The minimum Gasteiger partial charge on any atom is -1.00 e. The Labute approximate surface area is 112 Å². The van der Waals surface area contributed by atoms with Gasteiger partial charge in [-0.25, -0.2) is 4.57 Å². The molecular weight excluding hydrogens is 284 g/mol. The predicted molar refractivity (Wildman–Crippen MR) is 60.7 cm³/mol. The van der Waals surface area contributed by atoms with E-state index in [1.807, 2.05) is 36.0 Å². The summed E-state index contributed by atoms with van der Waals surface area (Å²) in [7, 11) is 0. The maximum atomic E-state index is 11.4. The zero-order valence-corrected chi connectivity index (χ0v) is 11.8. The van der Waals surface area contributed by atoms with E-state index < -0.39 is 6.10 Å². The van der Waals surface area contributed by atoms with Crippen LogP contribution in [-0.4, -0.2) is 23.7 Å². The number of aliphatic hydroxyl groups excluding tert-OH is 1. The molecular formula is C12H19BrN2O2. The zero-order chi connectivity index (χ0) is 12.0. The number of rotatable bonds is 5. The molecule has 0 fully saturated rings. The quantitative estimate of drug-likeness (QED) is 0.577. The standard InChI is InChI=1S/C12H18N2O2.BrH/c1-10-3-6-14(7-4-10)8-5-12(16)13-9-11(2)15;/h3-4,6-7,11,15H,5,8-9H2,1-2H3;1H. The first-order chi connectivity index (χ1) is 7.58. The fourth-order valence-corrected chi connectivity index (χ4v) is 1.26. The third-order valence-electron chi connectivity index (χ3n) is 2.25. The number of carbonyl (C=O) groups is 1. The molecule has 0 aliphatic heterocycles. The first-order valence-electron chi connectivity index (χ1n) is 5.48. The van der Waals surface area contributed by atoms with Crippen LogP contribution < -0.4 is 26.9 Å². The molecule has 17 heavy (non-hydrogen) atoms. The van der Waals surface area contributed by atoms with Gasteiger partial charge in [-0.1, -0.05) is 0 Å². The Kier molecular flexibility index (Phi) is 7.74. The van der Waals surface area contributed by atoms with Crippen molar-refractivity contribution in [3.63, 3.8) is 0 Å². The van der Waals surface area contributed by atoms with Crippen molar-refractivity contribution in [3.8, 4) is 0 Å². The first kappa shape index (κ1) is 16.1. The van der Waals surface area contributed by atoms with Crippen LogP contribution in [-0.2, 0) is 11.3 Å². The third-order valence-corrected chi connectivity index (χ3v) is 2.25. The Morgan fingerprint density at radius 3 is 2.59 bits per heavy atom. The molecule has 0 aliphatic carbocycles. The Balaban J connectivity index is 0.00000256. The molecule has 5 heteroatoms. The van der Waals surface area contributed by atoms with Gasteiger partial charge in [-0.3, -0.25) is 4.79 Å². The molecule has 0 spiro atoms. The number of pyridine rings is 1. The van der Waals surface area contributed by atoms with Crippen LogP contribution in [0, 0.1) is 6.92 Å². The van der Waals surface area contributed by atoms with E-state index in [9.17, 15) is 4.79 Å². The number of hydrogen-bond acceptors (Lipinski definition) is 2. The second kappa shape index (κ2) is 8.20. The van der Waals surface area contributed by atoms with Crippen molar-refractivity contribution in [2.75, 3.05) is 6.54 Å².